The summed E-state index contributed by atoms with van der Waals surface area (Å²) in [5.41, 5.74) is 9.76. The fourth-order valence-corrected chi connectivity index (χ4v) is 3.22. The highest BCUT2D eigenvalue weighted by Crippen LogP contribution is 2.26. The molecule has 2 aromatic carbocycles. The predicted molar refractivity (Wildman–Crippen MR) is 125 cm³/mol. The second-order valence-electron chi connectivity index (χ2n) is 7.36. The highest BCUT2D eigenvalue weighted by molar-refractivity contribution is 5.90. The van der Waals surface area contributed by atoms with Crippen molar-refractivity contribution in [1.82, 2.24) is 24.7 Å². The first-order valence-electron chi connectivity index (χ1n) is 10.0. The number of nitriles is 1. The number of hydrogen-bond donors (Lipinski definition) is 1. The van der Waals surface area contributed by atoms with Gasteiger partial charge in [0.25, 0.3) is 0 Å². The molecule has 4 aromatic rings. The number of nitrogens with zero attached hydrogens (tertiary/aromatic N) is 7. The monoisotopic (exact) mass is 422 g/mol. The Morgan fingerprint density at radius 3 is 2.38 bits per heavy atom. The van der Waals surface area contributed by atoms with Crippen molar-refractivity contribution < 1.29 is 0 Å². The second kappa shape index (κ2) is 9.10. The Labute approximate surface area is 186 Å². The molecule has 0 amide bonds. The second-order valence-corrected chi connectivity index (χ2v) is 7.36. The van der Waals surface area contributed by atoms with E-state index < -0.39 is 0 Å². The zero-order valence-electron chi connectivity index (χ0n) is 17.8. The lowest BCUT2D eigenvalue weighted by molar-refractivity contribution is 0.689. The van der Waals surface area contributed by atoms with Gasteiger partial charge in [0.15, 0.2) is 5.82 Å². The Hall–Kier alpha value is -4.51. The van der Waals surface area contributed by atoms with Gasteiger partial charge < -0.3 is 10.6 Å². The van der Waals surface area contributed by atoms with Crippen LogP contribution in [0.1, 0.15) is 17.0 Å². The van der Waals surface area contributed by atoms with Crippen molar-refractivity contribution in [2.24, 2.45) is 0 Å². The van der Waals surface area contributed by atoms with Crippen LogP contribution < -0.4 is 10.6 Å². The maximum atomic E-state index is 9.86. The molecule has 2 N–H and O–H groups in total. The van der Waals surface area contributed by atoms with Crippen LogP contribution in [-0.4, -0.2) is 38.8 Å². The Morgan fingerprint density at radius 1 is 1.03 bits per heavy atom. The Morgan fingerprint density at radius 2 is 1.72 bits per heavy atom. The normalized spacial score (nSPS) is 11.2. The van der Waals surface area contributed by atoms with Gasteiger partial charge in [-0.15, -0.1) is 0 Å². The van der Waals surface area contributed by atoms with E-state index >= 15 is 0 Å². The van der Waals surface area contributed by atoms with Gasteiger partial charge in [0.05, 0.1) is 17.8 Å². The Balaban J connectivity index is 1.80. The van der Waals surface area contributed by atoms with Crippen LogP contribution in [0.5, 0.6) is 0 Å². The summed E-state index contributed by atoms with van der Waals surface area (Å²) in [6.45, 7) is 0.611. The van der Waals surface area contributed by atoms with Gasteiger partial charge in [-0.25, -0.2) is 0 Å². The van der Waals surface area contributed by atoms with E-state index in [2.05, 4.69) is 33.2 Å². The third-order valence-electron chi connectivity index (χ3n) is 4.73. The third kappa shape index (κ3) is 4.63. The molecule has 0 aliphatic rings. The molecule has 0 aliphatic carbocycles. The summed E-state index contributed by atoms with van der Waals surface area (Å²) in [4.78, 5) is 14.4. The third-order valence-corrected chi connectivity index (χ3v) is 4.73. The number of rotatable bonds is 6. The van der Waals surface area contributed by atoms with E-state index in [9.17, 15) is 5.26 Å². The number of nitrogen functional groups attached to an aromatic ring is 1. The van der Waals surface area contributed by atoms with Crippen LogP contribution in [0.15, 0.2) is 66.9 Å². The molecule has 0 atom stereocenters. The predicted octanol–water partition coefficient (Wildman–Crippen LogP) is 3.50. The SMILES string of the molecule is CN(C)c1nc(N)nc(/C(C#N)=C/c2cn(Cc3ccccc3)nc2-c2ccccc2)n1. The van der Waals surface area contributed by atoms with Gasteiger partial charge in [0.1, 0.15) is 6.07 Å². The summed E-state index contributed by atoms with van der Waals surface area (Å²) >= 11 is 0. The topological polar surface area (TPSA) is 110 Å². The lowest BCUT2D eigenvalue weighted by Crippen LogP contribution is -2.15. The lowest BCUT2D eigenvalue weighted by Gasteiger charge is -2.10. The van der Waals surface area contributed by atoms with E-state index in [0.717, 1.165) is 22.4 Å². The molecule has 2 heterocycles. The molecule has 32 heavy (non-hydrogen) atoms. The molecule has 8 heteroatoms. The molecule has 0 fully saturated rings. The largest absolute Gasteiger partial charge is 0.368 e. The number of nitrogens with two attached hydrogens (primary N) is 1. The van der Waals surface area contributed by atoms with E-state index in [1.165, 1.54) is 0 Å². The van der Waals surface area contributed by atoms with Crippen molar-refractivity contribution in [2.75, 3.05) is 24.7 Å². The first-order chi connectivity index (χ1) is 15.5. The molecule has 0 unspecified atom stereocenters. The van der Waals surface area contributed by atoms with Gasteiger partial charge >= 0.3 is 0 Å². The van der Waals surface area contributed by atoms with Gasteiger partial charge in [0, 0.05) is 31.4 Å². The summed E-state index contributed by atoms with van der Waals surface area (Å²) in [6, 6.07) is 22.1. The minimum atomic E-state index is 0.0582. The van der Waals surface area contributed by atoms with Gasteiger partial charge in [-0.3, -0.25) is 4.68 Å². The van der Waals surface area contributed by atoms with Gasteiger partial charge in [-0.1, -0.05) is 60.7 Å². The molecule has 0 bridgehead atoms. The van der Waals surface area contributed by atoms with Crippen molar-refractivity contribution in [3.8, 4) is 17.3 Å². The summed E-state index contributed by atoms with van der Waals surface area (Å²) in [7, 11) is 3.60. The molecule has 0 saturated heterocycles. The maximum absolute atomic E-state index is 9.86. The van der Waals surface area contributed by atoms with Crippen LogP contribution in [-0.2, 0) is 6.54 Å². The number of allylic oxidation sites excluding steroid dienone is 1. The summed E-state index contributed by atoms with van der Waals surface area (Å²) in [6.07, 6.45) is 3.66. The maximum Gasteiger partial charge on any atom is 0.230 e. The fraction of sp³-hybridized carbons (Fsp3) is 0.125. The minimum absolute atomic E-state index is 0.0582. The Kier molecular flexibility index (Phi) is 5.90. The molecule has 8 nitrogen and oxygen atoms in total. The molecule has 0 saturated carbocycles. The summed E-state index contributed by atoms with van der Waals surface area (Å²) in [5, 5.41) is 14.7. The first kappa shape index (κ1) is 20.8. The van der Waals surface area contributed by atoms with Crippen LogP contribution >= 0.6 is 0 Å². The molecule has 4 rings (SSSR count). The van der Waals surface area contributed by atoms with E-state index in [-0.39, 0.29) is 17.3 Å². The van der Waals surface area contributed by atoms with Crippen LogP contribution in [0.2, 0.25) is 0 Å². The smallest absolute Gasteiger partial charge is 0.230 e. The summed E-state index contributed by atoms with van der Waals surface area (Å²) in [5.74, 6) is 0.665. The number of benzene rings is 2. The van der Waals surface area contributed by atoms with E-state index in [1.54, 1.807) is 25.1 Å². The highest BCUT2D eigenvalue weighted by Gasteiger charge is 2.15. The number of hydrogen-bond acceptors (Lipinski definition) is 7. The molecular formula is C24H22N8. The zero-order valence-corrected chi connectivity index (χ0v) is 17.8. The highest BCUT2D eigenvalue weighted by atomic mass is 15.3. The Bertz CT molecular complexity index is 1280. The zero-order chi connectivity index (χ0) is 22.5. The molecule has 0 spiro atoms. The van der Waals surface area contributed by atoms with Crippen molar-refractivity contribution in [3.63, 3.8) is 0 Å². The first-order valence-corrected chi connectivity index (χ1v) is 10.0. The van der Waals surface area contributed by atoms with Gasteiger partial charge in [-0.05, 0) is 11.6 Å². The molecule has 0 radical (unpaired) electrons. The average Bonchev–Trinajstić information content (AvgIpc) is 3.20. The molecule has 2 aromatic heterocycles. The lowest BCUT2D eigenvalue weighted by atomic mass is 10.1. The van der Waals surface area contributed by atoms with Gasteiger partial charge in [0.2, 0.25) is 11.9 Å². The fourth-order valence-electron chi connectivity index (χ4n) is 3.22. The molecule has 0 aliphatic heterocycles. The minimum Gasteiger partial charge on any atom is -0.368 e. The van der Waals surface area contributed by atoms with Crippen LogP contribution in [0.3, 0.4) is 0 Å². The standard InChI is InChI=1S/C24H22N8/c1-31(2)24-28-22(27-23(26)29-24)19(14-25)13-20-16-32(15-17-9-5-3-6-10-17)30-21(20)18-11-7-4-8-12-18/h3-13,16H,15H2,1-2H3,(H2,26,27,28,29)/b19-13+. The summed E-state index contributed by atoms with van der Waals surface area (Å²) < 4.78 is 1.87. The van der Waals surface area contributed by atoms with Crippen molar-refractivity contribution in [2.45, 2.75) is 6.54 Å². The molecular weight excluding hydrogens is 400 g/mol. The van der Waals surface area contributed by atoms with Crippen molar-refractivity contribution >= 4 is 23.5 Å². The molecule has 158 valence electrons. The quantitative estimate of drug-likeness (QED) is 0.474. The number of anilines is 2. The van der Waals surface area contributed by atoms with E-state index in [0.29, 0.717) is 12.5 Å². The average molecular weight is 422 g/mol. The van der Waals surface area contributed by atoms with Crippen LogP contribution in [0, 0.1) is 11.3 Å². The van der Waals surface area contributed by atoms with Crippen LogP contribution in [0.4, 0.5) is 11.9 Å². The number of aromatic nitrogens is 5. The van der Waals surface area contributed by atoms with Crippen molar-refractivity contribution in [3.05, 3.63) is 83.8 Å². The van der Waals surface area contributed by atoms with E-state index in [4.69, 9.17) is 10.8 Å². The van der Waals surface area contributed by atoms with E-state index in [1.807, 2.05) is 59.4 Å². The van der Waals surface area contributed by atoms with Gasteiger partial charge in [-0.2, -0.15) is 25.3 Å². The van der Waals surface area contributed by atoms with Crippen LogP contribution in [0.25, 0.3) is 22.9 Å². The van der Waals surface area contributed by atoms with Crippen molar-refractivity contribution in [1.29, 1.82) is 5.26 Å².